The first-order chi connectivity index (χ1) is 20.9. The van der Waals surface area contributed by atoms with Crippen molar-refractivity contribution in [3.63, 3.8) is 0 Å². The lowest BCUT2D eigenvalue weighted by atomic mass is 9.74. The Labute approximate surface area is 265 Å². The molecule has 3 aliphatic heterocycles. The van der Waals surface area contributed by atoms with Crippen molar-refractivity contribution in [2.24, 2.45) is 28.8 Å². The molecule has 14 nitrogen and oxygen atoms in total. The van der Waals surface area contributed by atoms with Crippen molar-refractivity contribution < 1.29 is 58.2 Å². The molecular formula is C31H52N2O12. The Kier molecular flexibility index (Phi) is 11.7. The van der Waals surface area contributed by atoms with Crippen molar-refractivity contribution in [1.82, 2.24) is 4.90 Å². The lowest BCUT2D eigenvalue weighted by Gasteiger charge is -2.48. The maximum absolute atomic E-state index is 14.0. The number of hydrogen-bond donors (Lipinski definition) is 3. The van der Waals surface area contributed by atoms with Gasteiger partial charge in [-0.05, 0) is 54.6 Å². The number of aliphatic hydroxyl groups excluding tert-OH is 2. The highest BCUT2D eigenvalue weighted by molar-refractivity contribution is 6.00. The molecule has 0 unspecified atom stereocenters. The van der Waals surface area contributed by atoms with Gasteiger partial charge in [0.05, 0.1) is 35.7 Å². The standard InChI is InChI=1S/C31H52N2O12/c1-12-19-31(8)26(44-29(38)45-31)15(3)20(32-39)14(2)13-30(7,40-11)25(16(4)22(34)17(5)27(37)42-19)43-28-24(36)21(33(9)10)23(35)18(6)41-28/h14-19,21,23-26,28,35-36,39H,12-13H2,1-11H3/b32-20+/t14-,15+,16+,17-,18+,19-,21-,23+,24+,25-,26-,28-,30+,31-/m1/s1. The van der Waals surface area contributed by atoms with Crippen molar-refractivity contribution >= 4 is 23.6 Å². The van der Waals surface area contributed by atoms with E-state index in [9.17, 15) is 29.8 Å². The summed E-state index contributed by atoms with van der Waals surface area (Å²) in [4.78, 5) is 41.6. The molecule has 3 heterocycles. The molecular weight excluding hydrogens is 592 g/mol. The largest absolute Gasteiger partial charge is 0.509 e. The normalized spacial score (nSPS) is 46.3. The molecule has 0 aromatic heterocycles. The van der Waals surface area contributed by atoms with Gasteiger partial charge in [0.25, 0.3) is 0 Å². The quantitative estimate of drug-likeness (QED) is 0.171. The van der Waals surface area contributed by atoms with Crippen molar-refractivity contribution in [1.29, 1.82) is 0 Å². The number of fused-ring (bicyclic) bond motifs is 1. The summed E-state index contributed by atoms with van der Waals surface area (Å²) < 4.78 is 35.5. The van der Waals surface area contributed by atoms with Crippen LogP contribution in [0.25, 0.3) is 0 Å². The molecule has 0 aromatic carbocycles. The smallest absolute Gasteiger partial charge is 0.457 e. The first-order valence-corrected chi connectivity index (χ1v) is 15.6. The van der Waals surface area contributed by atoms with Crippen LogP contribution in [0.5, 0.6) is 0 Å². The molecule has 3 N–H and O–H groups in total. The molecule has 45 heavy (non-hydrogen) atoms. The van der Waals surface area contributed by atoms with Gasteiger partial charge in [0.1, 0.15) is 18.1 Å². The van der Waals surface area contributed by atoms with Crippen molar-refractivity contribution in [3.8, 4) is 0 Å². The maximum atomic E-state index is 14.0. The number of esters is 1. The van der Waals surface area contributed by atoms with E-state index in [0.717, 1.165) is 0 Å². The highest BCUT2D eigenvalue weighted by atomic mass is 16.8. The zero-order chi connectivity index (χ0) is 34.2. The van der Waals surface area contributed by atoms with Crippen LogP contribution in [0.1, 0.15) is 68.2 Å². The summed E-state index contributed by atoms with van der Waals surface area (Å²) >= 11 is 0. The fraction of sp³-hybridized carbons (Fsp3) is 0.871. The van der Waals surface area contributed by atoms with E-state index in [1.165, 1.54) is 14.0 Å². The second-order valence-corrected chi connectivity index (χ2v) is 13.5. The van der Waals surface area contributed by atoms with Gasteiger partial charge in [-0.3, -0.25) is 9.59 Å². The van der Waals surface area contributed by atoms with E-state index in [2.05, 4.69) is 5.16 Å². The number of carbonyl (C=O) groups excluding carboxylic acids is 3. The fourth-order valence-electron chi connectivity index (χ4n) is 7.33. The lowest BCUT2D eigenvalue weighted by molar-refractivity contribution is -0.313. The highest BCUT2D eigenvalue weighted by Crippen LogP contribution is 2.42. The lowest BCUT2D eigenvalue weighted by Crippen LogP contribution is -2.64. The van der Waals surface area contributed by atoms with Gasteiger partial charge in [0.15, 0.2) is 23.8 Å². The number of cyclic esters (lactones) is 1. The van der Waals surface area contributed by atoms with Crippen molar-refractivity contribution in [2.45, 2.75) is 128 Å². The molecule has 3 fully saturated rings. The van der Waals surface area contributed by atoms with E-state index >= 15 is 0 Å². The molecule has 258 valence electrons. The highest BCUT2D eigenvalue weighted by Gasteiger charge is 2.59. The minimum Gasteiger partial charge on any atom is -0.457 e. The van der Waals surface area contributed by atoms with E-state index in [-0.39, 0.29) is 18.6 Å². The van der Waals surface area contributed by atoms with Crippen LogP contribution in [-0.4, -0.2) is 125 Å². The minimum atomic E-state index is -1.44. The Morgan fingerprint density at radius 1 is 1.00 bits per heavy atom. The first kappa shape index (κ1) is 37.1. The molecule has 0 saturated carbocycles. The van der Waals surface area contributed by atoms with Gasteiger partial charge in [0.2, 0.25) is 0 Å². The average molecular weight is 645 g/mol. The van der Waals surface area contributed by atoms with Gasteiger partial charge < -0.3 is 48.7 Å². The second kappa shape index (κ2) is 14.2. The molecule has 14 heteroatoms. The Bertz CT molecular complexity index is 1120. The van der Waals surface area contributed by atoms with E-state index < -0.39 is 102 Å². The summed E-state index contributed by atoms with van der Waals surface area (Å²) in [5.74, 6) is -4.80. The molecule has 0 aliphatic carbocycles. The third-order valence-corrected chi connectivity index (χ3v) is 10.0. The van der Waals surface area contributed by atoms with Crippen LogP contribution < -0.4 is 0 Å². The molecule has 14 atom stereocenters. The van der Waals surface area contributed by atoms with Gasteiger partial charge >= 0.3 is 12.1 Å². The van der Waals surface area contributed by atoms with Gasteiger partial charge in [-0.25, -0.2) is 4.79 Å². The molecule has 0 bridgehead atoms. The van der Waals surface area contributed by atoms with Crippen LogP contribution in [0.2, 0.25) is 0 Å². The number of Topliss-reactive ketones (excluding diaryl/α,β-unsaturated/α-hetero) is 1. The topological polar surface area (TPSA) is 183 Å². The molecule has 0 amide bonds. The van der Waals surface area contributed by atoms with Gasteiger partial charge in [-0.1, -0.05) is 32.9 Å². The van der Waals surface area contributed by atoms with Crippen LogP contribution in [0, 0.1) is 23.7 Å². The van der Waals surface area contributed by atoms with E-state index in [0.29, 0.717) is 0 Å². The van der Waals surface area contributed by atoms with Crippen LogP contribution >= 0.6 is 0 Å². The summed E-state index contributed by atoms with van der Waals surface area (Å²) in [5, 5.41) is 35.9. The number of nitrogens with zero attached hydrogens (tertiary/aromatic N) is 2. The number of methoxy groups -OCH3 is 1. The SMILES string of the molecule is CC[C@H]1OC(=O)[C@H](C)C(=O)[C@H](C)[C@@H](O[C@H]2O[C@@H](C)[C@H](O)[C@@H](N(C)C)[C@@H]2O)[C@@](C)(OC)C[C@@H](C)/C(=N\O)[C@H](C)[C@H]2OC(=O)O[C@@]21C. The molecule has 0 aromatic rings. The molecule has 3 rings (SSSR count). The third kappa shape index (κ3) is 7.01. The van der Waals surface area contributed by atoms with E-state index in [1.54, 1.807) is 67.5 Å². The Morgan fingerprint density at radius 3 is 2.16 bits per heavy atom. The summed E-state index contributed by atoms with van der Waals surface area (Å²) in [5.41, 5.74) is -2.47. The van der Waals surface area contributed by atoms with Crippen LogP contribution in [0.3, 0.4) is 0 Å². The minimum absolute atomic E-state index is 0.141. The zero-order valence-electron chi connectivity index (χ0n) is 28.3. The zero-order valence-corrected chi connectivity index (χ0v) is 28.3. The Morgan fingerprint density at radius 2 is 1.62 bits per heavy atom. The number of ether oxygens (including phenoxy) is 6. The van der Waals surface area contributed by atoms with Crippen LogP contribution in [-0.2, 0) is 38.0 Å². The Balaban J connectivity index is 2.13. The molecule has 3 saturated heterocycles. The summed E-state index contributed by atoms with van der Waals surface area (Å²) in [6, 6.07) is -0.740. The van der Waals surface area contributed by atoms with Gasteiger partial charge in [-0.2, -0.15) is 0 Å². The van der Waals surface area contributed by atoms with Crippen molar-refractivity contribution in [2.75, 3.05) is 21.2 Å². The number of hydrogen-bond acceptors (Lipinski definition) is 14. The predicted octanol–water partition coefficient (Wildman–Crippen LogP) is 2.14. The van der Waals surface area contributed by atoms with Crippen LogP contribution in [0.4, 0.5) is 4.79 Å². The number of rotatable bonds is 5. The molecule has 0 radical (unpaired) electrons. The number of likely N-dealkylation sites (N-methyl/N-ethyl adjacent to an activating group) is 1. The third-order valence-electron chi connectivity index (χ3n) is 10.0. The van der Waals surface area contributed by atoms with Crippen LogP contribution in [0.15, 0.2) is 5.16 Å². The second-order valence-electron chi connectivity index (χ2n) is 13.5. The molecule has 0 spiro atoms. The number of ketones is 1. The van der Waals surface area contributed by atoms with E-state index in [1.807, 2.05) is 0 Å². The summed E-state index contributed by atoms with van der Waals surface area (Å²) in [6.07, 6.45) is -7.97. The predicted molar refractivity (Wildman–Crippen MR) is 160 cm³/mol. The number of oxime groups is 1. The summed E-state index contributed by atoms with van der Waals surface area (Å²) in [6.45, 7) is 13.3. The maximum Gasteiger partial charge on any atom is 0.509 e. The first-order valence-electron chi connectivity index (χ1n) is 15.6. The van der Waals surface area contributed by atoms with E-state index in [4.69, 9.17) is 28.4 Å². The summed E-state index contributed by atoms with van der Waals surface area (Å²) in [7, 11) is 4.88. The monoisotopic (exact) mass is 644 g/mol. The van der Waals surface area contributed by atoms with Crippen molar-refractivity contribution in [3.05, 3.63) is 0 Å². The Hall–Kier alpha value is -2.36. The average Bonchev–Trinajstić information content (AvgIpc) is 3.29. The number of carbonyl (C=O) groups is 3. The number of aliphatic hydroxyl groups is 2. The molecule has 3 aliphatic rings. The van der Waals surface area contributed by atoms with Gasteiger partial charge in [-0.15, -0.1) is 0 Å². The fourth-order valence-corrected chi connectivity index (χ4v) is 7.33. The van der Waals surface area contributed by atoms with Gasteiger partial charge in [0, 0.05) is 24.9 Å².